The van der Waals surface area contributed by atoms with Gasteiger partial charge < -0.3 is 0 Å². The molecule has 3 rings (SSSR count). The highest BCUT2D eigenvalue weighted by Gasteiger charge is 2.35. The fourth-order valence-electron chi connectivity index (χ4n) is 2.23. The van der Waals surface area contributed by atoms with Crippen LogP contribution in [0.25, 0.3) is 16.8 Å². The first-order valence-electron chi connectivity index (χ1n) is 6.08. The maximum absolute atomic E-state index is 14.3. The van der Waals surface area contributed by atoms with Crippen molar-refractivity contribution in [3.8, 4) is 11.1 Å². The molecule has 2 nitrogen and oxygen atoms in total. The number of fused-ring (bicyclic) bond motifs is 1. The number of benzene rings is 1. The molecule has 1 aromatic carbocycles. The quantitative estimate of drug-likeness (QED) is 0.238. The van der Waals surface area contributed by atoms with E-state index in [0.29, 0.717) is 3.57 Å². The molecular formula is C14H5Cl2F4IN2. The van der Waals surface area contributed by atoms with Crippen LogP contribution in [0, 0.1) is 9.39 Å². The maximum Gasteiger partial charge on any atom is 0.431 e. The van der Waals surface area contributed by atoms with E-state index < -0.39 is 17.7 Å². The van der Waals surface area contributed by atoms with Gasteiger partial charge in [-0.1, -0.05) is 23.2 Å². The van der Waals surface area contributed by atoms with E-state index in [9.17, 15) is 17.6 Å². The van der Waals surface area contributed by atoms with Crippen LogP contribution in [-0.2, 0) is 6.18 Å². The topological polar surface area (TPSA) is 17.3 Å². The molecule has 0 aliphatic carbocycles. The van der Waals surface area contributed by atoms with Crippen molar-refractivity contribution in [3.05, 3.63) is 55.7 Å². The first-order chi connectivity index (χ1) is 10.7. The van der Waals surface area contributed by atoms with E-state index in [-0.39, 0.29) is 26.8 Å². The molecule has 2 heterocycles. The average molecular weight is 475 g/mol. The molecular weight excluding hydrogens is 470 g/mol. The Hall–Kier alpha value is -1.06. The summed E-state index contributed by atoms with van der Waals surface area (Å²) < 4.78 is 55.0. The molecule has 0 radical (unpaired) electrons. The number of rotatable bonds is 1. The van der Waals surface area contributed by atoms with Gasteiger partial charge >= 0.3 is 6.18 Å². The van der Waals surface area contributed by atoms with Crippen LogP contribution in [0.1, 0.15) is 5.69 Å². The summed E-state index contributed by atoms with van der Waals surface area (Å²) in [5, 5.41) is -0.0395. The minimum atomic E-state index is -4.62. The number of nitrogens with zero attached hydrogens (tertiary/aromatic N) is 2. The van der Waals surface area contributed by atoms with Crippen LogP contribution in [-0.4, -0.2) is 9.38 Å². The normalized spacial score (nSPS) is 12.1. The van der Waals surface area contributed by atoms with E-state index >= 15 is 0 Å². The van der Waals surface area contributed by atoms with Crippen molar-refractivity contribution in [1.82, 2.24) is 9.38 Å². The van der Waals surface area contributed by atoms with Gasteiger partial charge in [0.25, 0.3) is 0 Å². The fraction of sp³-hybridized carbons (Fsp3) is 0.0714. The predicted molar refractivity (Wildman–Crippen MR) is 88.3 cm³/mol. The molecule has 0 N–H and O–H groups in total. The van der Waals surface area contributed by atoms with Crippen molar-refractivity contribution in [2.24, 2.45) is 0 Å². The van der Waals surface area contributed by atoms with Crippen molar-refractivity contribution in [3.63, 3.8) is 0 Å². The SMILES string of the molecule is Fc1cc(Cl)c(I)cc1-c1c(Cl)cc(C(F)(F)F)n2ccnc12. The van der Waals surface area contributed by atoms with E-state index in [1.165, 1.54) is 12.3 Å². The lowest BCUT2D eigenvalue weighted by Crippen LogP contribution is -2.12. The van der Waals surface area contributed by atoms with Crippen molar-refractivity contribution in [2.45, 2.75) is 6.18 Å². The summed E-state index contributed by atoms with van der Waals surface area (Å²) in [6.07, 6.45) is -2.27. The average Bonchev–Trinajstić information content (AvgIpc) is 2.90. The van der Waals surface area contributed by atoms with Gasteiger partial charge in [-0.05, 0) is 40.8 Å². The minimum Gasteiger partial charge on any atom is -0.295 e. The number of hydrogen-bond acceptors (Lipinski definition) is 1. The van der Waals surface area contributed by atoms with Gasteiger partial charge in [-0.2, -0.15) is 13.2 Å². The minimum absolute atomic E-state index is 0.0359. The number of hydrogen-bond donors (Lipinski definition) is 0. The zero-order valence-electron chi connectivity index (χ0n) is 10.9. The van der Waals surface area contributed by atoms with Gasteiger partial charge in [-0.15, -0.1) is 0 Å². The highest BCUT2D eigenvalue weighted by atomic mass is 127. The largest absolute Gasteiger partial charge is 0.431 e. The fourth-order valence-corrected chi connectivity index (χ4v) is 3.14. The molecule has 23 heavy (non-hydrogen) atoms. The Morgan fingerprint density at radius 2 is 1.78 bits per heavy atom. The molecule has 0 saturated heterocycles. The summed E-state index contributed by atoms with van der Waals surface area (Å²) >= 11 is 13.8. The molecule has 120 valence electrons. The highest BCUT2D eigenvalue weighted by molar-refractivity contribution is 14.1. The number of pyridine rings is 1. The Labute approximate surface area is 151 Å². The van der Waals surface area contributed by atoms with Crippen molar-refractivity contribution in [2.75, 3.05) is 0 Å². The highest BCUT2D eigenvalue weighted by Crippen LogP contribution is 2.40. The summed E-state index contributed by atoms with van der Waals surface area (Å²) in [5.41, 5.74) is -0.949. The Morgan fingerprint density at radius 3 is 2.43 bits per heavy atom. The third-order valence-electron chi connectivity index (χ3n) is 3.20. The van der Waals surface area contributed by atoms with Crippen LogP contribution in [0.15, 0.2) is 30.6 Å². The molecule has 0 aliphatic heterocycles. The first-order valence-corrected chi connectivity index (χ1v) is 7.91. The van der Waals surface area contributed by atoms with Gasteiger partial charge in [0.05, 0.1) is 10.0 Å². The monoisotopic (exact) mass is 474 g/mol. The van der Waals surface area contributed by atoms with Gasteiger partial charge in [0.1, 0.15) is 17.2 Å². The zero-order valence-corrected chi connectivity index (χ0v) is 14.6. The van der Waals surface area contributed by atoms with Crippen LogP contribution in [0.3, 0.4) is 0 Å². The lowest BCUT2D eigenvalue weighted by atomic mass is 10.1. The molecule has 0 amide bonds. The Morgan fingerprint density at radius 1 is 1.09 bits per heavy atom. The molecule has 2 aromatic heterocycles. The third kappa shape index (κ3) is 2.89. The summed E-state index contributed by atoms with van der Waals surface area (Å²) in [6.45, 7) is 0. The molecule has 0 unspecified atom stereocenters. The van der Waals surface area contributed by atoms with E-state index in [1.54, 1.807) is 0 Å². The number of halogens is 7. The van der Waals surface area contributed by atoms with Crippen LogP contribution in [0.2, 0.25) is 10.0 Å². The number of alkyl halides is 3. The third-order valence-corrected chi connectivity index (χ3v) is 5.02. The molecule has 0 saturated carbocycles. The van der Waals surface area contributed by atoms with Crippen LogP contribution in [0.4, 0.5) is 17.6 Å². The summed E-state index contributed by atoms with van der Waals surface area (Å²) in [7, 11) is 0. The molecule has 0 spiro atoms. The Balaban J connectivity index is 2.39. The van der Waals surface area contributed by atoms with E-state index in [0.717, 1.165) is 22.7 Å². The molecule has 0 fully saturated rings. The van der Waals surface area contributed by atoms with Crippen molar-refractivity contribution >= 4 is 51.4 Å². The zero-order chi connectivity index (χ0) is 16.9. The van der Waals surface area contributed by atoms with Gasteiger partial charge in [0.15, 0.2) is 0 Å². The lowest BCUT2D eigenvalue weighted by Gasteiger charge is -2.15. The van der Waals surface area contributed by atoms with Gasteiger partial charge in [0.2, 0.25) is 0 Å². The first kappa shape index (κ1) is 16.8. The van der Waals surface area contributed by atoms with Crippen molar-refractivity contribution in [1.29, 1.82) is 0 Å². The molecule has 9 heteroatoms. The molecule has 0 aliphatic rings. The predicted octanol–water partition coefficient (Wildman–Crippen LogP) is 6.07. The second-order valence-electron chi connectivity index (χ2n) is 4.62. The Bertz CT molecular complexity index is 921. The number of aromatic nitrogens is 2. The summed E-state index contributed by atoms with van der Waals surface area (Å²) in [4.78, 5) is 3.90. The smallest absolute Gasteiger partial charge is 0.295 e. The summed E-state index contributed by atoms with van der Waals surface area (Å²) in [5.74, 6) is -0.693. The molecule has 3 aromatic rings. The van der Waals surface area contributed by atoms with Crippen LogP contribution < -0.4 is 0 Å². The van der Waals surface area contributed by atoms with Gasteiger partial charge in [-0.25, -0.2) is 9.37 Å². The standard InChI is InChI=1S/C14H5Cl2F4IN2/c15-7-4-9(17)6(3-10(7)21)12-8(16)5-11(14(18,19)20)23-2-1-22-13(12)23/h1-5H. The van der Waals surface area contributed by atoms with Crippen molar-refractivity contribution < 1.29 is 17.6 Å². The van der Waals surface area contributed by atoms with E-state index in [4.69, 9.17) is 23.2 Å². The van der Waals surface area contributed by atoms with Gasteiger partial charge in [0, 0.05) is 27.1 Å². The van der Waals surface area contributed by atoms with Gasteiger partial charge in [-0.3, -0.25) is 4.40 Å². The molecule has 0 atom stereocenters. The molecule has 0 bridgehead atoms. The van der Waals surface area contributed by atoms with E-state index in [2.05, 4.69) is 4.98 Å². The van der Waals surface area contributed by atoms with Crippen LogP contribution in [0.5, 0.6) is 0 Å². The Kier molecular flexibility index (Phi) is 4.22. The second-order valence-corrected chi connectivity index (χ2v) is 6.59. The maximum atomic E-state index is 14.3. The van der Waals surface area contributed by atoms with Crippen LogP contribution >= 0.6 is 45.8 Å². The summed E-state index contributed by atoms with van der Waals surface area (Å²) in [6, 6.07) is 3.26. The second kappa shape index (κ2) is 5.78. The number of imidazole rings is 1. The van der Waals surface area contributed by atoms with E-state index in [1.807, 2.05) is 22.6 Å². The lowest BCUT2D eigenvalue weighted by molar-refractivity contribution is -0.142.